The lowest BCUT2D eigenvalue weighted by Gasteiger charge is -2.29. The lowest BCUT2D eigenvalue weighted by molar-refractivity contribution is 0.0690. The van der Waals surface area contributed by atoms with Crippen LogP contribution in [0.15, 0.2) is 29.2 Å². The smallest absolute Gasteiger partial charge is 0.356 e. The maximum Gasteiger partial charge on any atom is 0.356 e. The Kier molecular flexibility index (Phi) is 5.85. The van der Waals surface area contributed by atoms with E-state index in [0.29, 0.717) is 12.4 Å². The fraction of sp³-hybridized carbons (Fsp3) is 0.400. The largest absolute Gasteiger partial charge is 0.476 e. The zero-order valence-electron chi connectivity index (χ0n) is 12.7. The van der Waals surface area contributed by atoms with E-state index in [-0.39, 0.29) is 11.7 Å². The van der Waals surface area contributed by atoms with Gasteiger partial charge in [0, 0.05) is 6.54 Å². The van der Waals surface area contributed by atoms with Gasteiger partial charge in [-0.05, 0) is 35.5 Å². The molecule has 0 saturated carbocycles. The fourth-order valence-electron chi connectivity index (χ4n) is 2.32. The molecule has 0 saturated heterocycles. The van der Waals surface area contributed by atoms with Gasteiger partial charge in [0.05, 0.1) is 18.4 Å². The van der Waals surface area contributed by atoms with Crippen LogP contribution in [-0.4, -0.2) is 45.6 Å². The third-order valence-electron chi connectivity index (χ3n) is 3.53. The van der Waals surface area contributed by atoms with Crippen LogP contribution in [0.25, 0.3) is 0 Å². The lowest BCUT2D eigenvalue weighted by atomic mass is 10.1. The van der Waals surface area contributed by atoms with Crippen molar-refractivity contribution in [2.24, 2.45) is 0 Å². The Morgan fingerprint density at radius 2 is 2.14 bits per heavy atom. The number of carboxylic acids is 1. The maximum atomic E-state index is 10.8. The van der Waals surface area contributed by atoms with Crippen molar-refractivity contribution in [1.82, 2.24) is 14.9 Å². The molecule has 2 heterocycles. The molecule has 0 radical (unpaired) electrons. The molecule has 0 fully saturated rings. The summed E-state index contributed by atoms with van der Waals surface area (Å²) in [5.74, 6) is -0.490. The molecule has 1 unspecified atom stereocenters. The number of hydrogen-bond acceptors (Lipinski definition) is 6. The summed E-state index contributed by atoms with van der Waals surface area (Å²) in [6, 6.07) is 2.39. The average molecular weight is 320 g/mol. The first-order valence-electron chi connectivity index (χ1n) is 7.21. The van der Waals surface area contributed by atoms with Gasteiger partial charge in [-0.25, -0.2) is 14.8 Å². The first-order chi connectivity index (χ1) is 10.7. The summed E-state index contributed by atoms with van der Waals surface area (Å²) in [7, 11) is 0. The average Bonchev–Trinajstić information content (AvgIpc) is 3.06. The van der Waals surface area contributed by atoms with E-state index in [2.05, 4.69) is 50.9 Å². The molecular formula is C15H20N4O2S. The number of likely N-dealkylation sites (N-methyl/N-ethyl adjacent to an activating group) is 1. The van der Waals surface area contributed by atoms with Gasteiger partial charge < -0.3 is 10.4 Å². The summed E-state index contributed by atoms with van der Waals surface area (Å²) >= 11 is 1.69. The van der Waals surface area contributed by atoms with Crippen LogP contribution in [0, 0.1) is 0 Å². The van der Waals surface area contributed by atoms with Crippen LogP contribution in [-0.2, 0) is 0 Å². The molecule has 0 aromatic carbocycles. The highest BCUT2D eigenvalue weighted by molar-refractivity contribution is 7.07. The van der Waals surface area contributed by atoms with Crippen molar-refractivity contribution in [1.29, 1.82) is 0 Å². The third-order valence-corrected chi connectivity index (χ3v) is 4.23. The van der Waals surface area contributed by atoms with Crippen LogP contribution in [0.3, 0.4) is 0 Å². The molecule has 7 heteroatoms. The van der Waals surface area contributed by atoms with Gasteiger partial charge in [0.25, 0.3) is 0 Å². The molecule has 22 heavy (non-hydrogen) atoms. The third kappa shape index (κ3) is 4.02. The molecule has 1 atom stereocenters. The number of carboxylic acid groups (broad SMARTS) is 1. The zero-order valence-corrected chi connectivity index (χ0v) is 13.5. The molecule has 0 bridgehead atoms. The van der Waals surface area contributed by atoms with E-state index in [1.165, 1.54) is 18.0 Å². The van der Waals surface area contributed by atoms with E-state index in [4.69, 9.17) is 5.11 Å². The van der Waals surface area contributed by atoms with Gasteiger partial charge in [0.15, 0.2) is 5.69 Å². The zero-order chi connectivity index (χ0) is 15.9. The molecular weight excluding hydrogens is 300 g/mol. The van der Waals surface area contributed by atoms with Crippen molar-refractivity contribution >= 4 is 23.1 Å². The molecule has 0 spiro atoms. The Hall–Kier alpha value is -1.99. The van der Waals surface area contributed by atoms with Crippen molar-refractivity contribution in [3.05, 3.63) is 40.5 Å². The van der Waals surface area contributed by atoms with Crippen molar-refractivity contribution < 1.29 is 9.90 Å². The van der Waals surface area contributed by atoms with Gasteiger partial charge in [-0.3, -0.25) is 4.90 Å². The molecule has 0 aliphatic rings. The first kappa shape index (κ1) is 16.4. The topological polar surface area (TPSA) is 78.4 Å². The van der Waals surface area contributed by atoms with Gasteiger partial charge in [-0.1, -0.05) is 13.8 Å². The molecule has 0 amide bonds. The summed E-state index contributed by atoms with van der Waals surface area (Å²) in [6.45, 7) is 6.90. The van der Waals surface area contributed by atoms with E-state index >= 15 is 0 Å². The molecule has 2 aromatic heterocycles. The number of hydrogen-bond donors (Lipinski definition) is 2. The van der Waals surface area contributed by atoms with Crippen molar-refractivity contribution in [2.75, 3.05) is 25.0 Å². The molecule has 6 nitrogen and oxygen atoms in total. The van der Waals surface area contributed by atoms with Crippen molar-refractivity contribution in [2.45, 2.75) is 19.9 Å². The molecule has 2 rings (SSSR count). The number of carbonyl (C=O) groups is 1. The highest BCUT2D eigenvalue weighted by atomic mass is 32.1. The summed E-state index contributed by atoms with van der Waals surface area (Å²) in [6.07, 6.45) is 2.72. The van der Waals surface area contributed by atoms with E-state index in [0.717, 1.165) is 13.1 Å². The van der Waals surface area contributed by atoms with Crippen LogP contribution in [0.2, 0.25) is 0 Å². The number of rotatable bonds is 8. The highest BCUT2D eigenvalue weighted by Gasteiger charge is 2.18. The van der Waals surface area contributed by atoms with Crippen LogP contribution in [0.5, 0.6) is 0 Å². The van der Waals surface area contributed by atoms with E-state index in [1.54, 1.807) is 11.3 Å². The highest BCUT2D eigenvalue weighted by Crippen LogP contribution is 2.23. The molecule has 2 N–H and O–H groups in total. The predicted octanol–water partition coefficient (Wildman–Crippen LogP) is 2.73. The Morgan fingerprint density at radius 3 is 2.64 bits per heavy atom. The second-order valence-electron chi connectivity index (χ2n) is 4.77. The minimum Gasteiger partial charge on any atom is -0.476 e. The van der Waals surface area contributed by atoms with Gasteiger partial charge in [0.1, 0.15) is 5.82 Å². The van der Waals surface area contributed by atoms with Crippen molar-refractivity contribution in [3.8, 4) is 0 Å². The number of aromatic nitrogens is 2. The first-order valence-corrected chi connectivity index (χ1v) is 8.15. The van der Waals surface area contributed by atoms with Gasteiger partial charge >= 0.3 is 5.97 Å². The van der Waals surface area contributed by atoms with Crippen LogP contribution in [0.1, 0.15) is 35.9 Å². The van der Waals surface area contributed by atoms with Crippen LogP contribution >= 0.6 is 11.3 Å². The molecule has 118 valence electrons. The van der Waals surface area contributed by atoms with Gasteiger partial charge in [-0.15, -0.1) is 0 Å². The molecule has 0 aliphatic heterocycles. The van der Waals surface area contributed by atoms with Gasteiger partial charge in [-0.2, -0.15) is 11.3 Å². The SMILES string of the molecule is CCN(CC)C(CNc1cnc(C(=O)O)cn1)c1ccsc1. The Morgan fingerprint density at radius 1 is 1.36 bits per heavy atom. The number of anilines is 1. The number of thiophene rings is 1. The Balaban J connectivity index is 2.06. The predicted molar refractivity (Wildman–Crippen MR) is 87.5 cm³/mol. The Bertz CT molecular complexity index is 582. The minimum atomic E-state index is -1.07. The quantitative estimate of drug-likeness (QED) is 0.778. The number of nitrogens with zero attached hydrogens (tertiary/aromatic N) is 3. The van der Waals surface area contributed by atoms with E-state index in [1.807, 2.05) is 0 Å². The Labute approximate surface area is 133 Å². The minimum absolute atomic E-state index is 0.0522. The molecule has 2 aromatic rings. The van der Waals surface area contributed by atoms with Crippen LogP contribution < -0.4 is 5.32 Å². The van der Waals surface area contributed by atoms with E-state index in [9.17, 15) is 4.79 Å². The normalized spacial score (nSPS) is 12.3. The number of nitrogens with one attached hydrogen (secondary N) is 1. The summed E-state index contributed by atoms with van der Waals surface area (Å²) in [5, 5.41) is 16.3. The lowest BCUT2D eigenvalue weighted by Crippen LogP contribution is -2.33. The van der Waals surface area contributed by atoms with Crippen molar-refractivity contribution in [3.63, 3.8) is 0 Å². The summed E-state index contributed by atoms with van der Waals surface area (Å²) in [5.41, 5.74) is 1.22. The van der Waals surface area contributed by atoms with Gasteiger partial charge in [0.2, 0.25) is 0 Å². The summed E-state index contributed by atoms with van der Waals surface area (Å²) in [4.78, 5) is 21.1. The maximum absolute atomic E-state index is 10.8. The monoisotopic (exact) mass is 320 g/mol. The van der Waals surface area contributed by atoms with E-state index < -0.39 is 5.97 Å². The van der Waals surface area contributed by atoms with Crippen LogP contribution in [0.4, 0.5) is 5.82 Å². The second kappa shape index (κ2) is 7.86. The standard InChI is InChI=1S/C15H20N4O2S/c1-3-19(4-2)13(11-5-6-22-10-11)8-18-14-9-16-12(7-17-14)15(20)21/h5-7,9-10,13H,3-4,8H2,1-2H3,(H,17,18)(H,20,21). The number of aromatic carboxylic acids is 1. The second-order valence-corrected chi connectivity index (χ2v) is 5.55. The fourth-order valence-corrected chi connectivity index (χ4v) is 3.02. The summed E-state index contributed by atoms with van der Waals surface area (Å²) < 4.78 is 0. The molecule has 0 aliphatic carbocycles.